The van der Waals surface area contributed by atoms with Gasteiger partial charge in [0, 0.05) is 24.9 Å². The fourth-order valence-corrected chi connectivity index (χ4v) is 4.10. The third-order valence-corrected chi connectivity index (χ3v) is 5.17. The zero-order chi connectivity index (χ0) is 12.4. The molecule has 0 spiro atoms. The number of H-pyrrole nitrogens is 1. The monoisotopic (exact) mass is 247 g/mol. The fraction of sp³-hybridized carbons (Fsp3) is 0.800. The molecule has 3 N–H and O–H groups in total. The van der Waals surface area contributed by atoms with Crippen molar-refractivity contribution < 1.29 is 0 Å². The average molecular weight is 247 g/mol. The number of nitrogens with zero attached hydrogens (tertiary/aromatic N) is 1. The van der Waals surface area contributed by atoms with Crippen molar-refractivity contribution in [2.75, 3.05) is 0 Å². The minimum Gasteiger partial charge on any atom is -0.349 e. The van der Waals surface area contributed by atoms with Crippen LogP contribution in [0.4, 0.5) is 0 Å². The van der Waals surface area contributed by atoms with Crippen LogP contribution in [0.15, 0.2) is 12.4 Å². The molecule has 0 aromatic carbocycles. The average Bonchev–Trinajstić information content (AvgIpc) is 2.91. The Morgan fingerprint density at radius 1 is 1.22 bits per heavy atom. The van der Waals surface area contributed by atoms with Gasteiger partial charge in [0.15, 0.2) is 0 Å². The topological polar surface area (TPSA) is 54.7 Å². The predicted octanol–water partition coefficient (Wildman–Crippen LogP) is 2.89. The van der Waals surface area contributed by atoms with Crippen molar-refractivity contribution in [3.05, 3.63) is 18.2 Å². The van der Waals surface area contributed by atoms with Crippen LogP contribution in [0.3, 0.4) is 0 Å². The standard InChI is InChI=1S/C15H25N3/c16-14(10-15-17-7-8-18-15)13-6-5-11-3-1-2-4-12(11)9-13/h7-8,11-14H,1-6,9-10,16H2,(H,17,18). The van der Waals surface area contributed by atoms with Gasteiger partial charge in [-0.2, -0.15) is 0 Å². The first-order chi connectivity index (χ1) is 8.83. The summed E-state index contributed by atoms with van der Waals surface area (Å²) < 4.78 is 0. The molecule has 100 valence electrons. The maximum absolute atomic E-state index is 6.40. The molecular weight excluding hydrogens is 222 g/mol. The summed E-state index contributed by atoms with van der Waals surface area (Å²) in [6, 6.07) is 0.291. The summed E-state index contributed by atoms with van der Waals surface area (Å²) in [5.74, 6) is 3.76. The number of hydrogen-bond donors (Lipinski definition) is 2. The van der Waals surface area contributed by atoms with E-state index in [9.17, 15) is 0 Å². The Hall–Kier alpha value is -0.830. The van der Waals surface area contributed by atoms with E-state index in [0.29, 0.717) is 6.04 Å². The second kappa shape index (κ2) is 5.43. The molecule has 18 heavy (non-hydrogen) atoms. The van der Waals surface area contributed by atoms with Crippen molar-refractivity contribution in [3.8, 4) is 0 Å². The van der Waals surface area contributed by atoms with Crippen LogP contribution >= 0.6 is 0 Å². The molecule has 3 rings (SSSR count). The summed E-state index contributed by atoms with van der Waals surface area (Å²) in [4.78, 5) is 7.47. The summed E-state index contributed by atoms with van der Waals surface area (Å²) in [6.45, 7) is 0. The molecule has 0 aliphatic heterocycles. The molecule has 4 atom stereocenters. The van der Waals surface area contributed by atoms with E-state index in [1.165, 1.54) is 44.9 Å². The molecule has 2 aliphatic rings. The van der Waals surface area contributed by atoms with Gasteiger partial charge in [0.2, 0.25) is 0 Å². The number of hydrogen-bond acceptors (Lipinski definition) is 2. The fourth-order valence-electron chi connectivity index (χ4n) is 4.10. The van der Waals surface area contributed by atoms with Crippen molar-refractivity contribution in [1.82, 2.24) is 9.97 Å². The number of aromatic nitrogens is 2. The Labute approximate surface area is 110 Å². The van der Waals surface area contributed by atoms with Crippen molar-refractivity contribution >= 4 is 0 Å². The van der Waals surface area contributed by atoms with E-state index < -0.39 is 0 Å². The van der Waals surface area contributed by atoms with Crippen molar-refractivity contribution in [1.29, 1.82) is 0 Å². The van der Waals surface area contributed by atoms with Crippen LogP contribution in [0.2, 0.25) is 0 Å². The van der Waals surface area contributed by atoms with Gasteiger partial charge in [-0.3, -0.25) is 0 Å². The first-order valence-electron chi connectivity index (χ1n) is 7.57. The van der Waals surface area contributed by atoms with Gasteiger partial charge < -0.3 is 10.7 Å². The SMILES string of the molecule is NC(Cc1ncc[nH]1)C1CCC2CCCCC2C1. The van der Waals surface area contributed by atoms with Gasteiger partial charge in [-0.1, -0.05) is 25.7 Å². The Morgan fingerprint density at radius 3 is 2.83 bits per heavy atom. The van der Waals surface area contributed by atoms with Gasteiger partial charge in [0.05, 0.1) is 0 Å². The first kappa shape index (κ1) is 12.2. The smallest absolute Gasteiger partial charge is 0.107 e. The van der Waals surface area contributed by atoms with Gasteiger partial charge >= 0.3 is 0 Å². The highest BCUT2D eigenvalue weighted by atomic mass is 14.9. The first-order valence-corrected chi connectivity index (χ1v) is 7.57. The highest BCUT2D eigenvalue weighted by Crippen LogP contribution is 2.43. The van der Waals surface area contributed by atoms with E-state index >= 15 is 0 Å². The molecular formula is C15H25N3. The van der Waals surface area contributed by atoms with Crippen LogP contribution in [0.1, 0.15) is 50.8 Å². The van der Waals surface area contributed by atoms with E-state index in [2.05, 4.69) is 9.97 Å². The molecule has 0 radical (unpaired) electrons. The summed E-state index contributed by atoms with van der Waals surface area (Å²) >= 11 is 0. The third-order valence-electron chi connectivity index (χ3n) is 5.17. The number of nitrogens with one attached hydrogen (secondary N) is 1. The van der Waals surface area contributed by atoms with Crippen molar-refractivity contribution in [2.24, 2.45) is 23.5 Å². The summed E-state index contributed by atoms with van der Waals surface area (Å²) in [7, 11) is 0. The van der Waals surface area contributed by atoms with Crippen LogP contribution < -0.4 is 5.73 Å². The van der Waals surface area contributed by atoms with Crippen LogP contribution in [-0.4, -0.2) is 16.0 Å². The van der Waals surface area contributed by atoms with Crippen LogP contribution in [0.25, 0.3) is 0 Å². The largest absolute Gasteiger partial charge is 0.349 e. The second-order valence-corrected chi connectivity index (χ2v) is 6.28. The molecule has 3 heteroatoms. The van der Waals surface area contributed by atoms with Crippen LogP contribution in [-0.2, 0) is 6.42 Å². The number of rotatable bonds is 3. The molecule has 1 aromatic heterocycles. The van der Waals surface area contributed by atoms with Gasteiger partial charge in [-0.05, 0) is 37.0 Å². The predicted molar refractivity (Wildman–Crippen MR) is 73.1 cm³/mol. The van der Waals surface area contributed by atoms with Gasteiger partial charge in [-0.15, -0.1) is 0 Å². The third kappa shape index (κ3) is 2.61. The van der Waals surface area contributed by atoms with Gasteiger partial charge in [0.25, 0.3) is 0 Å². The zero-order valence-corrected chi connectivity index (χ0v) is 11.1. The molecule has 1 heterocycles. The number of imidazole rings is 1. The van der Waals surface area contributed by atoms with Crippen molar-refractivity contribution in [3.63, 3.8) is 0 Å². The lowest BCUT2D eigenvalue weighted by Crippen LogP contribution is -2.39. The summed E-state index contributed by atoms with van der Waals surface area (Å²) in [5.41, 5.74) is 6.40. The van der Waals surface area contributed by atoms with E-state index in [0.717, 1.165) is 30.0 Å². The van der Waals surface area contributed by atoms with E-state index in [-0.39, 0.29) is 0 Å². The summed E-state index contributed by atoms with van der Waals surface area (Å²) in [6.07, 6.45) is 14.6. The van der Waals surface area contributed by atoms with Crippen LogP contribution in [0.5, 0.6) is 0 Å². The highest BCUT2D eigenvalue weighted by molar-refractivity contribution is 4.94. The number of aromatic amines is 1. The van der Waals surface area contributed by atoms with Gasteiger partial charge in [-0.25, -0.2) is 4.98 Å². The quantitative estimate of drug-likeness (QED) is 0.863. The van der Waals surface area contributed by atoms with E-state index in [1.807, 2.05) is 12.4 Å². The Bertz CT molecular complexity index is 360. The molecule has 3 nitrogen and oxygen atoms in total. The maximum Gasteiger partial charge on any atom is 0.107 e. The molecule has 0 saturated heterocycles. The lowest BCUT2D eigenvalue weighted by molar-refractivity contribution is 0.117. The van der Waals surface area contributed by atoms with Gasteiger partial charge in [0.1, 0.15) is 5.82 Å². The molecule has 0 bridgehead atoms. The summed E-state index contributed by atoms with van der Waals surface area (Å²) in [5, 5.41) is 0. The highest BCUT2D eigenvalue weighted by Gasteiger charge is 2.34. The van der Waals surface area contributed by atoms with E-state index in [4.69, 9.17) is 5.73 Å². The molecule has 2 aliphatic carbocycles. The molecule has 0 amide bonds. The number of nitrogens with two attached hydrogens (primary N) is 1. The second-order valence-electron chi connectivity index (χ2n) is 6.28. The lowest BCUT2D eigenvalue weighted by Gasteiger charge is -2.41. The lowest BCUT2D eigenvalue weighted by atomic mass is 9.66. The zero-order valence-electron chi connectivity index (χ0n) is 11.1. The Kier molecular flexibility index (Phi) is 3.69. The normalized spacial score (nSPS) is 33.9. The maximum atomic E-state index is 6.40. The minimum atomic E-state index is 0.291. The molecule has 2 fully saturated rings. The Balaban J connectivity index is 1.56. The minimum absolute atomic E-state index is 0.291. The van der Waals surface area contributed by atoms with Crippen LogP contribution in [0, 0.1) is 17.8 Å². The molecule has 2 saturated carbocycles. The molecule has 1 aromatic rings. The number of fused-ring (bicyclic) bond motifs is 1. The molecule has 4 unspecified atom stereocenters. The van der Waals surface area contributed by atoms with Crippen molar-refractivity contribution in [2.45, 2.75) is 57.4 Å². The van der Waals surface area contributed by atoms with E-state index in [1.54, 1.807) is 0 Å². The Morgan fingerprint density at radius 2 is 2.06 bits per heavy atom.